The van der Waals surface area contributed by atoms with Gasteiger partial charge >= 0.3 is 0 Å². The summed E-state index contributed by atoms with van der Waals surface area (Å²) in [6.45, 7) is 3.28. The number of piperidine rings is 1. The van der Waals surface area contributed by atoms with E-state index in [4.69, 9.17) is 9.15 Å². The van der Waals surface area contributed by atoms with Crippen molar-refractivity contribution in [1.82, 2.24) is 15.1 Å². The number of hydrogen-bond donors (Lipinski definition) is 0. The lowest BCUT2D eigenvalue weighted by Crippen LogP contribution is -2.40. The Labute approximate surface area is 139 Å². The maximum atomic E-state index is 6.23. The van der Waals surface area contributed by atoms with E-state index in [1.807, 2.05) is 0 Å². The van der Waals surface area contributed by atoms with Crippen LogP contribution in [0.15, 0.2) is 21.2 Å². The Morgan fingerprint density at radius 2 is 2.13 bits per heavy atom. The second-order valence-corrected chi connectivity index (χ2v) is 7.85. The van der Waals surface area contributed by atoms with Crippen molar-refractivity contribution in [3.05, 3.63) is 34.2 Å². The van der Waals surface area contributed by atoms with Crippen LogP contribution >= 0.6 is 11.3 Å². The molecule has 3 fully saturated rings. The van der Waals surface area contributed by atoms with E-state index in [1.165, 1.54) is 18.4 Å². The number of rotatable bonds is 4. The summed E-state index contributed by atoms with van der Waals surface area (Å²) in [7, 11) is 0. The van der Waals surface area contributed by atoms with Gasteiger partial charge in [0.05, 0.1) is 6.10 Å². The third-order valence-electron chi connectivity index (χ3n) is 5.25. The van der Waals surface area contributed by atoms with Gasteiger partial charge in [0.15, 0.2) is 0 Å². The summed E-state index contributed by atoms with van der Waals surface area (Å²) in [6, 6.07) is 2.22. The number of aromatic nitrogens is 2. The highest BCUT2D eigenvalue weighted by Crippen LogP contribution is 2.43. The predicted octanol–water partition coefficient (Wildman–Crippen LogP) is 3.36. The molecule has 0 N–H and O–H groups in total. The van der Waals surface area contributed by atoms with Gasteiger partial charge in [0.25, 0.3) is 0 Å². The van der Waals surface area contributed by atoms with Crippen LogP contribution in [0, 0.1) is 5.92 Å². The van der Waals surface area contributed by atoms with Gasteiger partial charge in [-0.25, -0.2) is 0 Å². The minimum absolute atomic E-state index is 0.00565. The summed E-state index contributed by atoms with van der Waals surface area (Å²) in [5.41, 5.74) is 1.43. The minimum Gasteiger partial charge on any atom is -0.422 e. The van der Waals surface area contributed by atoms with Crippen molar-refractivity contribution >= 4 is 11.3 Å². The zero-order chi connectivity index (χ0) is 15.2. The molecule has 5 rings (SSSR count). The Kier molecular flexibility index (Phi) is 3.49. The summed E-state index contributed by atoms with van der Waals surface area (Å²) >= 11 is 1.78. The number of hydrogen-bond acceptors (Lipinski definition) is 6. The Morgan fingerprint density at radius 3 is 2.96 bits per heavy atom. The Morgan fingerprint density at radius 1 is 1.22 bits per heavy atom. The van der Waals surface area contributed by atoms with Crippen LogP contribution in [0.4, 0.5) is 0 Å². The largest absolute Gasteiger partial charge is 0.422 e. The van der Waals surface area contributed by atoms with E-state index in [2.05, 4.69) is 31.9 Å². The number of fused-ring (bicyclic) bond motifs is 1. The zero-order valence-electron chi connectivity index (χ0n) is 13.1. The average molecular weight is 331 g/mol. The maximum Gasteiger partial charge on any atom is 0.245 e. The molecular weight excluding hydrogens is 310 g/mol. The lowest BCUT2D eigenvalue weighted by molar-refractivity contribution is -0.00980. The third kappa shape index (κ3) is 2.84. The van der Waals surface area contributed by atoms with E-state index in [0.717, 1.165) is 38.4 Å². The molecule has 3 atom stereocenters. The summed E-state index contributed by atoms with van der Waals surface area (Å²) in [5, 5.41) is 12.8. The van der Waals surface area contributed by atoms with E-state index in [0.29, 0.717) is 23.8 Å². The molecule has 2 aliphatic heterocycles. The summed E-state index contributed by atoms with van der Waals surface area (Å²) in [5.74, 6) is 2.62. The van der Waals surface area contributed by atoms with Crippen LogP contribution in [0.25, 0.3) is 0 Å². The van der Waals surface area contributed by atoms with E-state index in [9.17, 15) is 0 Å². The molecule has 0 unspecified atom stereocenters. The van der Waals surface area contributed by atoms with Gasteiger partial charge in [-0.3, -0.25) is 4.90 Å². The van der Waals surface area contributed by atoms with E-state index >= 15 is 0 Å². The van der Waals surface area contributed by atoms with Crippen LogP contribution in [0.3, 0.4) is 0 Å². The first-order valence-electron chi connectivity index (χ1n) is 8.57. The molecule has 0 amide bonds. The first kappa shape index (κ1) is 14.1. The van der Waals surface area contributed by atoms with Crippen LogP contribution in [0.1, 0.15) is 55.1 Å². The summed E-state index contributed by atoms with van der Waals surface area (Å²) < 4.78 is 12.1. The highest BCUT2D eigenvalue weighted by Gasteiger charge is 2.42. The van der Waals surface area contributed by atoms with Crippen LogP contribution in [0.5, 0.6) is 0 Å². The van der Waals surface area contributed by atoms with Gasteiger partial charge in [0, 0.05) is 31.5 Å². The van der Waals surface area contributed by atoms with Crippen LogP contribution in [-0.4, -0.2) is 34.3 Å². The van der Waals surface area contributed by atoms with Crippen molar-refractivity contribution < 1.29 is 9.15 Å². The highest BCUT2D eigenvalue weighted by atomic mass is 32.1. The summed E-state index contributed by atoms with van der Waals surface area (Å²) in [4.78, 5) is 2.55. The first-order valence-corrected chi connectivity index (χ1v) is 9.51. The van der Waals surface area contributed by atoms with Crippen molar-refractivity contribution in [2.75, 3.05) is 13.1 Å². The molecule has 1 saturated carbocycles. The van der Waals surface area contributed by atoms with Crippen molar-refractivity contribution in [3.63, 3.8) is 0 Å². The molecule has 6 heteroatoms. The highest BCUT2D eigenvalue weighted by molar-refractivity contribution is 7.07. The monoisotopic (exact) mass is 331 g/mol. The van der Waals surface area contributed by atoms with Crippen molar-refractivity contribution in [3.8, 4) is 0 Å². The third-order valence-corrected chi connectivity index (χ3v) is 5.98. The molecule has 122 valence electrons. The fraction of sp³-hybridized carbons (Fsp3) is 0.647. The second kappa shape index (κ2) is 5.69. The molecule has 5 nitrogen and oxygen atoms in total. The van der Waals surface area contributed by atoms with Gasteiger partial charge in [0.1, 0.15) is 6.10 Å². The topological polar surface area (TPSA) is 51.4 Å². The molecule has 1 aliphatic carbocycles. The van der Waals surface area contributed by atoms with E-state index in [1.54, 1.807) is 11.3 Å². The molecular formula is C17H21N3O2S. The molecule has 4 heterocycles. The van der Waals surface area contributed by atoms with Gasteiger partial charge in [-0.2, -0.15) is 11.3 Å². The van der Waals surface area contributed by atoms with Crippen molar-refractivity contribution in [2.45, 2.75) is 50.4 Å². The standard InChI is InChI=1S/C17H21N3O2S/c1-2-12(1)16-18-19-17(22-16)15-7-13-9-20(5-3-14(13)21-15)8-11-4-6-23-10-11/h4,6,10,12-15H,1-3,5,7-9H2/t13-,14-,15+/m0/s1. The molecule has 0 bridgehead atoms. The lowest BCUT2D eigenvalue weighted by atomic mass is 9.92. The SMILES string of the molecule is c1cc(CN2CC[C@@H]3O[C@@H](c4nnc(C5CC5)o4)C[C@H]3C2)cs1. The van der Waals surface area contributed by atoms with Crippen LogP contribution < -0.4 is 0 Å². The number of nitrogens with zero attached hydrogens (tertiary/aromatic N) is 3. The van der Waals surface area contributed by atoms with Crippen LogP contribution in [-0.2, 0) is 11.3 Å². The fourth-order valence-electron chi connectivity index (χ4n) is 3.85. The van der Waals surface area contributed by atoms with E-state index in [-0.39, 0.29) is 6.10 Å². The smallest absolute Gasteiger partial charge is 0.245 e. The van der Waals surface area contributed by atoms with E-state index < -0.39 is 0 Å². The summed E-state index contributed by atoms with van der Waals surface area (Å²) in [6.07, 6.45) is 4.86. The van der Waals surface area contributed by atoms with Gasteiger partial charge < -0.3 is 9.15 Å². The minimum atomic E-state index is 0.00565. The van der Waals surface area contributed by atoms with Gasteiger partial charge in [-0.15, -0.1) is 10.2 Å². The molecule has 0 spiro atoms. The molecule has 2 aromatic rings. The normalized spacial score (nSPS) is 31.4. The predicted molar refractivity (Wildman–Crippen MR) is 86.2 cm³/mol. The Balaban J connectivity index is 1.23. The molecule has 0 radical (unpaired) electrons. The van der Waals surface area contributed by atoms with Crippen molar-refractivity contribution in [2.24, 2.45) is 5.92 Å². The van der Waals surface area contributed by atoms with Gasteiger partial charge in [-0.05, 0) is 48.1 Å². The Bertz CT molecular complexity index is 667. The quantitative estimate of drug-likeness (QED) is 0.860. The number of ether oxygens (including phenoxy) is 1. The Hall–Kier alpha value is -1.24. The molecule has 23 heavy (non-hydrogen) atoms. The lowest BCUT2D eigenvalue weighted by Gasteiger charge is -2.33. The fourth-order valence-corrected chi connectivity index (χ4v) is 4.51. The van der Waals surface area contributed by atoms with Crippen molar-refractivity contribution in [1.29, 1.82) is 0 Å². The number of thiophene rings is 1. The molecule has 3 aliphatic rings. The average Bonchev–Trinajstić information content (AvgIpc) is 2.99. The first-order chi connectivity index (χ1) is 11.3. The van der Waals surface area contributed by atoms with Crippen LogP contribution in [0.2, 0.25) is 0 Å². The second-order valence-electron chi connectivity index (χ2n) is 7.07. The zero-order valence-corrected chi connectivity index (χ0v) is 13.9. The number of likely N-dealkylation sites (tertiary alicyclic amines) is 1. The molecule has 0 aromatic carbocycles. The molecule has 2 aromatic heterocycles. The maximum absolute atomic E-state index is 6.23. The van der Waals surface area contributed by atoms with Gasteiger partial charge in [-0.1, -0.05) is 0 Å². The van der Waals surface area contributed by atoms with Gasteiger partial charge in [0.2, 0.25) is 11.8 Å². The molecule has 2 saturated heterocycles.